The fourth-order valence-corrected chi connectivity index (χ4v) is 1.09. The summed E-state index contributed by atoms with van der Waals surface area (Å²) in [6.45, 7) is 0. The zero-order chi connectivity index (χ0) is 30.1. The molecule has 0 spiro atoms. The van der Waals surface area contributed by atoms with Gasteiger partial charge in [-0.25, -0.2) is 0 Å². The van der Waals surface area contributed by atoms with Crippen LogP contribution < -0.4 is 23.0 Å². The fraction of sp³-hybridized carbons (Fsp3) is 0. The smallest absolute Gasteiger partial charge is 1.00 e. The molecule has 0 aromatic heterocycles. The number of rotatable bonds is 1. The Morgan fingerprint density at radius 3 is 0.806 bits per heavy atom. The standard InChI is InChI=1S/C6H6O3S.5AsFH2O3.Li/c7-10(8,9)6-4-2-1-3-5-6;5*2-1(3,4)5;/h1-5H,(H,7,8,9);5*(H2,3,4,5);/q;;;;;;+1/p-1. The van der Waals surface area contributed by atoms with Gasteiger partial charge in [0.15, 0.2) is 0 Å². The molecule has 0 heterocycles. The van der Waals surface area contributed by atoms with Crippen molar-refractivity contribution in [2.24, 2.45) is 0 Å². The van der Waals surface area contributed by atoms with Crippen molar-refractivity contribution in [2.45, 2.75) is 4.90 Å². The van der Waals surface area contributed by atoms with Crippen LogP contribution in [0.4, 0.5) is 17.3 Å². The molecule has 0 fully saturated rings. The summed E-state index contributed by atoms with van der Waals surface area (Å²) in [5, 5.41) is 0. The molecular weight excluding hydrogens is 869 g/mol. The van der Waals surface area contributed by atoms with Crippen LogP contribution in [-0.2, 0) is 28.8 Å². The fourth-order valence-electron chi connectivity index (χ4n) is 0.592. The maximum Gasteiger partial charge on any atom is 1.00 e. The molecule has 0 saturated carbocycles. The first-order valence-electron chi connectivity index (χ1n) is 6.37. The summed E-state index contributed by atoms with van der Waals surface area (Å²) >= 11 is -28.4. The number of benzene rings is 1. The van der Waals surface area contributed by atoms with E-state index in [1.807, 2.05) is 0 Å². The molecule has 0 aliphatic carbocycles. The Kier molecular flexibility index (Phi) is 29.8. The largest absolute Gasteiger partial charge is 1.00 e. The van der Waals surface area contributed by atoms with Gasteiger partial charge in [0.05, 0.1) is 4.90 Å². The van der Waals surface area contributed by atoms with Crippen LogP contribution >= 0.6 is 0 Å². The molecule has 1 unspecified atom stereocenters. The molecule has 1 atom stereocenters. The second kappa shape index (κ2) is 21.6. The van der Waals surface area contributed by atoms with Crippen LogP contribution in [-0.4, -0.2) is 123 Å². The minimum atomic E-state index is -5.88. The van der Waals surface area contributed by atoms with Crippen LogP contribution in [0.3, 0.4) is 0 Å². The normalized spacial score (nSPS) is 12.7. The van der Waals surface area contributed by atoms with Crippen molar-refractivity contribution in [1.29, 1.82) is 0 Å². The van der Waals surface area contributed by atoms with Crippen molar-refractivity contribution in [3.8, 4) is 0 Å². The van der Waals surface area contributed by atoms with Crippen LogP contribution in [0.25, 0.3) is 0 Å². The molecule has 10 N–H and O–H groups in total. The predicted octanol–water partition coefficient (Wildman–Crippen LogP) is -8.66. The molecule has 18 nitrogen and oxygen atoms in total. The SMILES string of the molecule is O=S(=O)(O)c1ccccc1.O=[As](O)(O)F.O=[As](O)(O)F.O=[As](O)(O)F.O=[As](O)(O)F.O=[As]([O-])(O)F.[Li+]. The average Bonchev–Trinajstić information content (AvgIpc) is 2.38. The van der Waals surface area contributed by atoms with Gasteiger partial charge in [-0.2, -0.15) is 8.42 Å². The summed E-state index contributed by atoms with van der Waals surface area (Å²) in [5.74, 6) is 0. The Morgan fingerprint density at radius 2 is 0.722 bits per heavy atom. The van der Waals surface area contributed by atoms with E-state index in [1.165, 1.54) is 12.1 Å². The summed E-state index contributed by atoms with van der Waals surface area (Å²) in [6.07, 6.45) is 0. The maximum atomic E-state index is 10.4. The van der Waals surface area contributed by atoms with Gasteiger partial charge in [-0.05, 0) is 12.1 Å². The molecular formula is C6H15As5F5LiO18S. The van der Waals surface area contributed by atoms with E-state index in [9.17, 15) is 25.8 Å². The minimum Gasteiger partial charge on any atom is 1.00 e. The third-order valence-corrected chi connectivity index (χ3v) is 1.91. The topological polar surface area (TPSA) is 345 Å². The van der Waals surface area contributed by atoms with Crippen molar-refractivity contribution >= 4 is 83.3 Å². The Balaban J connectivity index is -0.0000000772. The zero-order valence-corrected chi connectivity index (χ0v) is 26.9. The van der Waals surface area contributed by atoms with E-state index < -0.39 is 83.3 Å². The molecule has 0 saturated heterocycles. The molecule has 1 aromatic rings. The molecule has 0 aliphatic rings. The van der Waals surface area contributed by atoms with Crippen molar-refractivity contribution in [3.05, 3.63) is 30.3 Å². The van der Waals surface area contributed by atoms with Crippen LogP contribution in [0.1, 0.15) is 0 Å². The van der Waals surface area contributed by atoms with Crippen molar-refractivity contribution < 1.29 is 109 Å². The van der Waals surface area contributed by atoms with Gasteiger partial charge in [0, 0.05) is 0 Å². The number of halogens is 5. The van der Waals surface area contributed by atoms with Gasteiger partial charge in [-0.15, -0.1) is 0 Å². The van der Waals surface area contributed by atoms with E-state index in [1.54, 1.807) is 18.2 Å². The molecule has 36 heavy (non-hydrogen) atoms. The Labute approximate surface area is 225 Å². The molecule has 1 rings (SSSR count). The summed E-state index contributed by atoms with van der Waals surface area (Å²) in [7, 11) is -4.00. The second-order valence-corrected chi connectivity index (χ2v) is 15.4. The summed E-state index contributed by atoms with van der Waals surface area (Å²) < 4.78 is 196. The van der Waals surface area contributed by atoms with E-state index in [-0.39, 0.29) is 23.8 Å². The van der Waals surface area contributed by atoms with E-state index in [2.05, 4.69) is 0 Å². The third kappa shape index (κ3) is 182. The zero-order valence-electron chi connectivity index (χ0n) is 16.7. The molecule has 0 aliphatic heterocycles. The predicted molar refractivity (Wildman–Crippen MR) is 94.0 cm³/mol. The van der Waals surface area contributed by atoms with Gasteiger partial charge >= 0.3 is 169 Å². The molecule has 1 aromatic carbocycles. The Bertz CT molecular complexity index is 870. The van der Waals surface area contributed by atoms with Gasteiger partial charge in [-0.3, -0.25) is 4.55 Å². The monoisotopic (exact) mass is 884 g/mol. The summed E-state index contributed by atoms with van der Waals surface area (Å²) in [5.41, 5.74) is 0. The van der Waals surface area contributed by atoms with E-state index in [4.69, 9.17) is 64.2 Å². The summed E-state index contributed by atoms with van der Waals surface area (Å²) in [6, 6.07) is 7.42. The van der Waals surface area contributed by atoms with Crippen molar-refractivity contribution in [3.63, 3.8) is 0 Å². The first-order valence-corrected chi connectivity index (χ1v) is 23.5. The first-order chi connectivity index (χ1) is 14.6. The van der Waals surface area contributed by atoms with Gasteiger partial charge in [0.2, 0.25) is 0 Å². The quantitative estimate of drug-likeness (QED) is 0.0711. The minimum absolute atomic E-state index is 0. The molecule has 0 amide bonds. The Hall–Kier alpha value is 0.770. The van der Waals surface area contributed by atoms with Crippen molar-refractivity contribution in [2.75, 3.05) is 0 Å². The van der Waals surface area contributed by atoms with Crippen LogP contribution in [0, 0.1) is 0 Å². The van der Waals surface area contributed by atoms with E-state index >= 15 is 0 Å². The van der Waals surface area contributed by atoms with E-state index in [0.717, 1.165) is 0 Å². The van der Waals surface area contributed by atoms with Gasteiger partial charge < -0.3 is 0 Å². The third-order valence-electron chi connectivity index (χ3n) is 1.04. The summed E-state index contributed by atoms with van der Waals surface area (Å²) in [4.78, 5) is -0.0741. The van der Waals surface area contributed by atoms with Crippen LogP contribution in [0.15, 0.2) is 35.2 Å². The Morgan fingerprint density at radius 1 is 0.583 bits per heavy atom. The average molecular weight is 884 g/mol. The van der Waals surface area contributed by atoms with Gasteiger partial charge in [-0.1, -0.05) is 18.2 Å². The van der Waals surface area contributed by atoms with E-state index in [0.29, 0.717) is 0 Å². The van der Waals surface area contributed by atoms with Crippen LogP contribution in [0.2, 0.25) is 0 Å². The molecule has 30 heteroatoms. The van der Waals surface area contributed by atoms with Gasteiger partial charge in [0.25, 0.3) is 10.1 Å². The number of hydrogen-bond donors (Lipinski definition) is 10. The van der Waals surface area contributed by atoms with Crippen LogP contribution in [0.5, 0.6) is 0 Å². The maximum absolute atomic E-state index is 10.4. The second-order valence-electron chi connectivity index (χ2n) is 4.13. The van der Waals surface area contributed by atoms with Crippen molar-refractivity contribution in [1.82, 2.24) is 0 Å². The molecule has 214 valence electrons. The molecule has 0 radical (unpaired) electrons. The van der Waals surface area contributed by atoms with Gasteiger partial charge in [0.1, 0.15) is 0 Å². The molecule has 0 bridgehead atoms. The number of hydrogen-bond acceptors (Lipinski definition) is 8. The first kappa shape index (κ1) is 49.7.